The van der Waals surface area contributed by atoms with Crippen molar-refractivity contribution in [1.29, 1.82) is 0 Å². The van der Waals surface area contributed by atoms with Crippen molar-refractivity contribution in [2.45, 2.75) is 33.2 Å². The molecule has 1 aromatic heterocycles. The van der Waals surface area contributed by atoms with Crippen LogP contribution in [0.5, 0.6) is 5.75 Å². The summed E-state index contributed by atoms with van der Waals surface area (Å²) < 4.78 is 7.98. The molecule has 2 amide bonds. The highest BCUT2D eigenvalue weighted by molar-refractivity contribution is 9.10. The molecule has 8 heteroatoms. The molecule has 0 fully saturated rings. The highest BCUT2D eigenvalue weighted by Crippen LogP contribution is 2.28. The molecule has 1 N–H and O–H groups in total. The zero-order valence-corrected chi connectivity index (χ0v) is 22.2. The van der Waals surface area contributed by atoms with E-state index in [1.54, 1.807) is 15.5 Å². The summed E-state index contributed by atoms with van der Waals surface area (Å²) in [7, 11) is 0. The molecular formula is C28H29BrN4O3. The molecule has 4 aromatic rings. The zero-order valence-electron chi connectivity index (χ0n) is 20.6. The van der Waals surface area contributed by atoms with E-state index in [1.165, 1.54) is 0 Å². The number of fused-ring (bicyclic) bond motifs is 1. The predicted octanol–water partition coefficient (Wildman–Crippen LogP) is 6.55. The average Bonchev–Trinajstić information content (AvgIpc) is 2.89. The number of rotatable bonds is 8. The van der Waals surface area contributed by atoms with Gasteiger partial charge < -0.3 is 15.0 Å². The molecule has 0 aliphatic rings. The number of urea groups is 1. The van der Waals surface area contributed by atoms with Gasteiger partial charge in [-0.15, -0.1) is 0 Å². The summed E-state index contributed by atoms with van der Waals surface area (Å²) >= 11 is 3.49. The quantitative estimate of drug-likeness (QED) is 0.270. The first kappa shape index (κ1) is 25.4. The van der Waals surface area contributed by atoms with Gasteiger partial charge in [0, 0.05) is 11.0 Å². The highest BCUT2D eigenvalue weighted by atomic mass is 79.9. The van der Waals surface area contributed by atoms with Crippen LogP contribution in [0.15, 0.2) is 82.1 Å². The molecule has 1 unspecified atom stereocenters. The first-order valence-electron chi connectivity index (χ1n) is 12.1. The summed E-state index contributed by atoms with van der Waals surface area (Å²) in [5.41, 5.74) is 1.75. The zero-order chi connectivity index (χ0) is 25.7. The maximum atomic E-state index is 13.8. The van der Waals surface area contributed by atoms with E-state index in [0.717, 1.165) is 10.2 Å². The van der Waals surface area contributed by atoms with Gasteiger partial charge in [-0.1, -0.05) is 31.2 Å². The normalized spacial score (nSPS) is 11.8. The van der Waals surface area contributed by atoms with Crippen molar-refractivity contribution in [2.24, 2.45) is 0 Å². The number of hydrogen-bond acceptors (Lipinski definition) is 4. The van der Waals surface area contributed by atoms with Crippen molar-refractivity contribution in [3.05, 3.63) is 93.4 Å². The fraction of sp³-hybridized carbons (Fsp3) is 0.250. The van der Waals surface area contributed by atoms with Crippen LogP contribution in [0.4, 0.5) is 10.5 Å². The maximum Gasteiger partial charge on any atom is 0.322 e. The summed E-state index contributed by atoms with van der Waals surface area (Å²) in [5, 5.41) is 3.51. The number of hydrogen-bond donors (Lipinski definition) is 1. The fourth-order valence-corrected chi connectivity index (χ4v) is 4.66. The summed E-state index contributed by atoms with van der Waals surface area (Å²) in [5.74, 6) is 1.23. The Morgan fingerprint density at radius 2 is 1.72 bits per heavy atom. The predicted molar refractivity (Wildman–Crippen MR) is 147 cm³/mol. The van der Waals surface area contributed by atoms with Crippen molar-refractivity contribution in [2.75, 3.05) is 18.5 Å². The summed E-state index contributed by atoms with van der Waals surface area (Å²) in [6.45, 7) is 6.82. The average molecular weight is 549 g/mol. The lowest BCUT2D eigenvalue weighted by Crippen LogP contribution is -2.40. The fourth-order valence-electron chi connectivity index (χ4n) is 4.28. The molecule has 0 bridgehead atoms. The molecule has 186 valence electrons. The number of carbonyl (C=O) groups excluding carboxylic acids is 1. The smallest absolute Gasteiger partial charge is 0.322 e. The molecule has 1 atom stereocenters. The second-order valence-corrected chi connectivity index (χ2v) is 9.03. The standard InChI is InChI=1S/C28H29BrN4O3/c1-4-25(32(5-2)28(35)31-24-14-10-8-12-22(24)29)26-30-23-13-9-7-11-21(23)27(34)33(26)19-15-17-20(18-16-19)36-6-3/h7-18,25H,4-6H2,1-3H3,(H,31,35). The second-order valence-electron chi connectivity index (χ2n) is 8.17. The van der Waals surface area contributed by atoms with E-state index in [9.17, 15) is 9.59 Å². The SMILES string of the molecule is CCOc1ccc(-n2c(C(CC)N(CC)C(=O)Nc3ccccc3Br)nc3ccccc3c2=O)cc1. The van der Waals surface area contributed by atoms with Gasteiger partial charge in [0.25, 0.3) is 5.56 Å². The Morgan fingerprint density at radius 1 is 1.03 bits per heavy atom. The van der Waals surface area contributed by atoms with Gasteiger partial charge in [0.2, 0.25) is 0 Å². The van der Waals surface area contributed by atoms with Crippen molar-refractivity contribution in [3.8, 4) is 11.4 Å². The van der Waals surface area contributed by atoms with Crippen LogP contribution in [-0.4, -0.2) is 33.6 Å². The third kappa shape index (κ3) is 5.14. The Balaban J connectivity index is 1.84. The second kappa shape index (κ2) is 11.4. The number of benzene rings is 3. The third-order valence-electron chi connectivity index (χ3n) is 5.99. The lowest BCUT2D eigenvalue weighted by molar-refractivity contribution is 0.185. The Hall–Kier alpha value is -3.65. The Labute approximate surface area is 218 Å². The van der Waals surface area contributed by atoms with Gasteiger partial charge in [-0.2, -0.15) is 0 Å². The molecule has 7 nitrogen and oxygen atoms in total. The molecule has 0 aliphatic heterocycles. The monoisotopic (exact) mass is 548 g/mol. The van der Waals surface area contributed by atoms with Crippen molar-refractivity contribution in [3.63, 3.8) is 0 Å². The van der Waals surface area contributed by atoms with Crippen LogP contribution in [0, 0.1) is 0 Å². The minimum absolute atomic E-state index is 0.180. The van der Waals surface area contributed by atoms with Crippen LogP contribution in [-0.2, 0) is 0 Å². The summed E-state index contributed by atoms with van der Waals surface area (Å²) in [6.07, 6.45) is 0.568. The molecule has 0 aliphatic carbocycles. The van der Waals surface area contributed by atoms with E-state index in [-0.39, 0.29) is 11.6 Å². The topological polar surface area (TPSA) is 76.5 Å². The van der Waals surface area contributed by atoms with Crippen molar-refractivity contribution >= 4 is 38.6 Å². The van der Waals surface area contributed by atoms with Gasteiger partial charge in [-0.25, -0.2) is 9.78 Å². The maximum absolute atomic E-state index is 13.8. The molecule has 0 saturated carbocycles. The van der Waals surface area contributed by atoms with Gasteiger partial charge in [0.1, 0.15) is 11.6 Å². The number of nitrogens with one attached hydrogen (secondary N) is 1. The molecule has 0 saturated heterocycles. The molecule has 36 heavy (non-hydrogen) atoms. The van der Waals surface area contributed by atoms with Crippen molar-refractivity contribution < 1.29 is 9.53 Å². The Morgan fingerprint density at radius 3 is 2.39 bits per heavy atom. The summed E-state index contributed by atoms with van der Waals surface area (Å²) in [4.78, 5) is 33.8. The van der Waals surface area contributed by atoms with E-state index in [1.807, 2.05) is 87.5 Å². The van der Waals surface area contributed by atoms with Gasteiger partial charge in [-0.3, -0.25) is 9.36 Å². The Bertz CT molecular complexity index is 1420. The highest BCUT2D eigenvalue weighted by Gasteiger charge is 2.28. The van der Waals surface area contributed by atoms with Gasteiger partial charge >= 0.3 is 6.03 Å². The Kier molecular flexibility index (Phi) is 8.05. The third-order valence-corrected chi connectivity index (χ3v) is 6.68. The number of amides is 2. The number of halogens is 1. The molecule has 0 radical (unpaired) electrons. The lowest BCUT2D eigenvalue weighted by atomic mass is 10.1. The van der Waals surface area contributed by atoms with Gasteiger partial charge in [-0.05, 0) is 84.7 Å². The molecule has 4 rings (SSSR count). The molecule has 0 spiro atoms. The summed E-state index contributed by atoms with van der Waals surface area (Å²) in [6, 6.07) is 21.4. The van der Waals surface area contributed by atoms with E-state index in [4.69, 9.17) is 9.72 Å². The number of para-hydroxylation sites is 2. The number of carbonyl (C=O) groups is 1. The van der Waals surface area contributed by atoms with E-state index >= 15 is 0 Å². The van der Waals surface area contributed by atoms with E-state index in [2.05, 4.69) is 21.2 Å². The number of aromatic nitrogens is 2. The largest absolute Gasteiger partial charge is 0.494 e. The van der Waals surface area contributed by atoms with Gasteiger partial charge in [0.05, 0.1) is 34.9 Å². The number of nitrogens with zero attached hydrogens (tertiary/aromatic N) is 3. The molecule has 1 heterocycles. The minimum Gasteiger partial charge on any atom is -0.494 e. The number of ether oxygens (including phenoxy) is 1. The molecule has 3 aromatic carbocycles. The van der Waals surface area contributed by atoms with Crippen LogP contribution in [0.25, 0.3) is 16.6 Å². The van der Waals surface area contributed by atoms with Crippen LogP contribution >= 0.6 is 15.9 Å². The van der Waals surface area contributed by atoms with E-state index < -0.39 is 6.04 Å². The first-order chi connectivity index (χ1) is 17.5. The number of anilines is 1. The van der Waals surface area contributed by atoms with Crippen LogP contribution in [0.3, 0.4) is 0 Å². The van der Waals surface area contributed by atoms with Crippen LogP contribution in [0.2, 0.25) is 0 Å². The first-order valence-corrected chi connectivity index (χ1v) is 12.8. The minimum atomic E-state index is -0.443. The van der Waals surface area contributed by atoms with Crippen molar-refractivity contribution in [1.82, 2.24) is 14.5 Å². The van der Waals surface area contributed by atoms with Crippen LogP contribution in [0.1, 0.15) is 39.1 Å². The lowest BCUT2D eigenvalue weighted by Gasteiger charge is -2.31. The van der Waals surface area contributed by atoms with Crippen LogP contribution < -0.4 is 15.6 Å². The van der Waals surface area contributed by atoms with Gasteiger partial charge in [0.15, 0.2) is 0 Å². The molecular weight excluding hydrogens is 520 g/mol. The van der Waals surface area contributed by atoms with E-state index in [0.29, 0.717) is 47.7 Å².